The number of dihydropyridines is 1. The molecule has 1 heterocycles. The van der Waals surface area contributed by atoms with Crippen LogP contribution in [0.1, 0.15) is 74.8 Å². The van der Waals surface area contributed by atoms with Gasteiger partial charge in [0.25, 0.3) is 0 Å². The summed E-state index contributed by atoms with van der Waals surface area (Å²) >= 11 is 18.7. The number of Topliss-reactive ketones (excluding diaryl/α,β-unsaturated/α-hetero) is 1. The molecule has 3 aliphatic rings. The minimum atomic E-state index is -0.564. The minimum absolute atomic E-state index is 0.00948. The van der Waals surface area contributed by atoms with Gasteiger partial charge in [-0.2, -0.15) is 0 Å². The topological polar surface area (TPSA) is 55.4 Å². The number of carbonyl (C=O) groups is 2. The summed E-state index contributed by atoms with van der Waals surface area (Å²) in [4.78, 5) is 27.3. The van der Waals surface area contributed by atoms with E-state index in [-0.39, 0.29) is 23.8 Å². The van der Waals surface area contributed by atoms with Gasteiger partial charge in [0.05, 0.1) is 15.6 Å². The van der Waals surface area contributed by atoms with E-state index in [9.17, 15) is 9.59 Å². The van der Waals surface area contributed by atoms with Crippen molar-refractivity contribution in [3.05, 3.63) is 91.2 Å². The SMILES string of the molecule is CC1=C(C(=O)OC2CCCCC2)[C@@H](c2ccc(Cl)c(Cl)c2)C2=C(C[C@@H](c3ccc(Cl)cc3)CC2=O)N1. The molecule has 2 atom stereocenters. The number of hydrogen-bond donors (Lipinski definition) is 1. The van der Waals surface area contributed by atoms with Crippen molar-refractivity contribution in [3.63, 3.8) is 0 Å². The summed E-state index contributed by atoms with van der Waals surface area (Å²) in [5, 5.41) is 4.88. The third-order valence-electron chi connectivity index (χ3n) is 7.49. The number of ketones is 1. The van der Waals surface area contributed by atoms with Crippen molar-refractivity contribution in [2.24, 2.45) is 0 Å². The average Bonchev–Trinajstić information content (AvgIpc) is 2.85. The van der Waals surface area contributed by atoms with Crippen LogP contribution in [-0.2, 0) is 14.3 Å². The Labute approximate surface area is 226 Å². The highest BCUT2D eigenvalue weighted by molar-refractivity contribution is 6.42. The highest BCUT2D eigenvalue weighted by Crippen LogP contribution is 2.46. The number of ether oxygens (including phenoxy) is 1. The normalized spacial score (nSPS) is 22.8. The van der Waals surface area contributed by atoms with Crippen LogP contribution < -0.4 is 5.32 Å². The molecule has 1 fully saturated rings. The van der Waals surface area contributed by atoms with E-state index >= 15 is 0 Å². The van der Waals surface area contributed by atoms with Gasteiger partial charge in [-0.15, -0.1) is 0 Å². The molecule has 2 aromatic carbocycles. The maximum absolute atomic E-state index is 13.7. The Morgan fingerprint density at radius 2 is 1.61 bits per heavy atom. The Kier molecular flexibility index (Phi) is 7.48. The first-order valence-corrected chi connectivity index (χ1v) is 13.6. The van der Waals surface area contributed by atoms with Gasteiger partial charge in [-0.05, 0) is 80.3 Å². The summed E-state index contributed by atoms with van der Waals surface area (Å²) in [6.45, 7) is 1.88. The number of nitrogens with one attached hydrogen (secondary N) is 1. The molecule has 0 spiro atoms. The van der Waals surface area contributed by atoms with Gasteiger partial charge in [-0.3, -0.25) is 4.79 Å². The molecule has 36 heavy (non-hydrogen) atoms. The summed E-state index contributed by atoms with van der Waals surface area (Å²) in [6, 6.07) is 13.0. The average molecular weight is 545 g/mol. The Morgan fingerprint density at radius 3 is 2.31 bits per heavy atom. The fourth-order valence-electron chi connectivity index (χ4n) is 5.70. The van der Waals surface area contributed by atoms with E-state index in [1.54, 1.807) is 12.1 Å². The standard InChI is InChI=1S/C29H28Cl3NO3/c1-16-26(29(35)36-21-5-3-2-4-6-21)27(18-9-12-22(31)23(32)13-18)28-24(33-16)14-19(15-25(28)34)17-7-10-20(30)11-8-17/h7-13,19,21,27,33H,2-6,14-15H2,1H3/t19-,27-/m1/s1. The second-order valence-electron chi connectivity index (χ2n) is 9.91. The number of esters is 1. The summed E-state index contributed by atoms with van der Waals surface area (Å²) < 4.78 is 5.98. The number of benzene rings is 2. The monoisotopic (exact) mass is 543 g/mol. The van der Waals surface area contributed by atoms with Crippen molar-refractivity contribution >= 4 is 46.6 Å². The number of hydrogen-bond acceptors (Lipinski definition) is 4. The molecule has 2 aliphatic carbocycles. The van der Waals surface area contributed by atoms with Crippen LogP contribution in [-0.4, -0.2) is 17.9 Å². The molecule has 1 aliphatic heterocycles. The molecule has 0 radical (unpaired) electrons. The van der Waals surface area contributed by atoms with Gasteiger partial charge in [-0.25, -0.2) is 4.79 Å². The fourth-order valence-corrected chi connectivity index (χ4v) is 6.14. The third-order valence-corrected chi connectivity index (χ3v) is 8.48. The second kappa shape index (κ2) is 10.6. The van der Waals surface area contributed by atoms with E-state index in [0.717, 1.165) is 42.5 Å². The maximum atomic E-state index is 13.7. The molecule has 2 aromatic rings. The first-order chi connectivity index (χ1) is 17.3. The molecule has 4 nitrogen and oxygen atoms in total. The van der Waals surface area contributed by atoms with Crippen LogP contribution in [0.5, 0.6) is 0 Å². The third kappa shape index (κ3) is 5.09. The van der Waals surface area contributed by atoms with Crippen LogP contribution in [0.2, 0.25) is 15.1 Å². The van der Waals surface area contributed by atoms with E-state index in [1.165, 1.54) is 6.42 Å². The lowest BCUT2D eigenvalue weighted by molar-refractivity contribution is -0.146. The molecular weight excluding hydrogens is 517 g/mol. The van der Waals surface area contributed by atoms with Gasteiger partial charge in [0.1, 0.15) is 6.10 Å². The smallest absolute Gasteiger partial charge is 0.337 e. The van der Waals surface area contributed by atoms with Gasteiger partial charge in [0, 0.05) is 34.3 Å². The van der Waals surface area contributed by atoms with Gasteiger partial charge in [0.2, 0.25) is 0 Å². The largest absolute Gasteiger partial charge is 0.459 e. The fraction of sp³-hybridized carbons (Fsp3) is 0.379. The number of rotatable bonds is 4. The van der Waals surface area contributed by atoms with Crippen LogP contribution in [0.4, 0.5) is 0 Å². The van der Waals surface area contributed by atoms with Crippen molar-refractivity contribution < 1.29 is 14.3 Å². The van der Waals surface area contributed by atoms with Crippen LogP contribution in [0, 0.1) is 0 Å². The van der Waals surface area contributed by atoms with Crippen molar-refractivity contribution in [3.8, 4) is 0 Å². The summed E-state index contributed by atoms with van der Waals surface area (Å²) in [5.74, 6) is -0.901. The highest BCUT2D eigenvalue weighted by Gasteiger charge is 2.42. The van der Waals surface area contributed by atoms with Crippen molar-refractivity contribution in [2.45, 2.75) is 69.8 Å². The number of carbonyl (C=O) groups excluding carboxylic acids is 2. The molecule has 1 N–H and O–H groups in total. The molecule has 7 heteroatoms. The highest BCUT2D eigenvalue weighted by atomic mass is 35.5. The van der Waals surface area contributed by atoms with Crippen LogP contribution in [0.3, 0.4) is 0 Å². The first-order valence-electron chi connectivity index (χ1n) is 12.5. The van der Waals surface area contributed by atoms with Crippen LogP contribution in [0.15, 0.2) is 65.0 Å². The molecular formula is C29H28Cl3NO3. The molecule has 0 unspecified atom stereocenters. The van der Waals surface area contributed by atoms with Crippen LogP contribution >= 0.6 is 34.8 Å². The zero-order chi connectivity index (χ0) is 25.4. The van der Waals surface area contributed by atoms with E-state index in [0.29, 0.717) is 44.8 Å². The Bertz CT molecular complexity index is 1260. The predicted molar refractivity (Wildman–Crippen MR) is 143 cm³/mol. The predicted octanol–water partition coefficient (Wildman–Crippen LogP) is 7.88. The van der Waals surface area contributed by atoms with Crippen molar-refractivity contribution in [1.29, 1.82) is 0 Å². The maximum Gasteiger partial charge on any atom is 0.337 e. The zero-order valence-corrected chi connectivity index (χ0v) is 22.3. The Hall–Kier alpha value is -2.27. The van der Waals surface area contributed by atoms with Gasteiger partial charge >= 0.3 is 5.97 Å². The molecule has 1 saturated carbocycles. The quantitative estimate of drug-likeness (QED) is 0.398. The van der Waals surface area contributed by atoms with Crippen molar-refractivity contribution in [2.75, 3.05) is 0 Å². The molecule has 0 saturated heterocycles. The molecule has 0 bridgehead atoms. The van der Waals surface area contributed by atoms with E-state index < -0.39 is 5.92 Å². The lowest BCUT2D eigenvalue weighted by Gasteiger charge is -2.37. The summed E-state index contributed by atoms with van der Waals surface area (Å²) in [7, 11) is 0. The minimum Gasteiger partial charge on any atom is -0.459 e. The van der Waals surface area contributed by atoms with Crippen molar-refractivity contribution in [1.82, 2.24) is 5.32 Å². The van der Waals surface area contributed by atoms with Gasteiger partial charge < -0.3 is 10.1 Å². The van der Waals surface area contributed by atoms with E-state index in [4.69, 9.17) is 39.5 Å². The summed E-state index contributed by atoms with van der Waals surface area (Å²) in [6.07, 6.45) is 5.95. The van der Waals surface area contributed by atoms with Crippen LogP contribution in [0.25, 0.3) is 0 Å². The zero-order valence-electron chi connectivity index (χ0n) is 20.1. The van der Waals surface area contributed by atoms with E-state index in [2.05, 4.69) is 5.32 Å². The first kappa shape index (κ1) is 25.4. The number of allylic oxidation sites excluding steroid dienone is 3. The van der Waals surface area contributed by atoms with Gasteiger partial charge in [-0.1, -0.05) is 59.4 Å². The second-order valence-corrected chi connectivity index (χ2v) is 11.2. The molecule has 0 amide bonds. The molecule has 5 rings (SSSR count). The lowest BCUT2D eigenvalue weighted by Crippen LogP contribution is -2.37. The Balaban J connectivity index is 1.54. The summed E-state index contributed by atoms with van der Waals surface area (Å²) in [5.41, 5.74) is 4.45. The molecule has 0 aromatic heterocycles. The van der Waals surface area contributed by atoms with E-state index in [1.807, 2.05) is 37.3 Å². The van der Waals surface area contributed by atoms with Gasteiger partial charge in [0.15, 0.2) is 5.78 Å². The molecule has 188 valence electrons. The lowest BCUT2D eigenvalue weighted by atomic mass is 9.71. The Morgan fingerprint density at radius 1 is 0.917 bits per heavy atom. The number of halogens is 3.